The zero-order valence-electron chi connectivity index (χ0n) is 19.6. The van der Waals surface area contributed by atoms with Gasteiger partial charge in [-0.25, -0.2) is 0 Å². The Labute approximate surface area is 191 Å². The summed E-state index contributed by atoms with van der Waals surface area (Å²) >= 11 is 0. The molecule has 2 aliphatic heterocycles. The van der Waals surface area contributed by atoms with Crippen molar-refractivity contribution in [1.29, 1.82) is 0 Å². The van der Waals surface area contributed by atoms with Crippen LogP contribution in [0.2, 0.25) is 0 Å². The highest BCUT2D eigenvalue weighted by Crippen LogP contribution is 2.63. The van der Waals surface area contributed by atoms with Gasteiger partial charge in [-0.2, -0.15) is 0 Å². The minimum Gasteiger partial charge on any atom is -0.457 e. The fourth-order valence-corrected chi connectivity index (χ4v) is 7.75. The van der Waals surface area contributed by atoms with E-state index in [1.807, 2.05) is 0 Å². The molecule has 0 radical (unpaired) electrons. The van der Waals surface area contributed by atoms with Crippen molar-refractivity contribution in [2.45, 2.75) is 82.3 Å². The smallest absolute Gasteiger partial charge is 0.303 e. The molecule has 6 rings (SSSR count). The Balaban J connectivity index is 1.47. The van der Waals surface area contributed by atoms with E-state index in [-0.39, 0.29) is 23.3 Å². The lowest BCUT2D eigenvalue weighted by molar-refractivity contribution is -0.189. The Kier molecular flexibility index (Phi) is 4.73. The second-order valence-corrected chi connectivity index (χ2v) is 11.3. The lowest BCUT2D eigenvalue weighted by atomic mass is 9.55. The number of carbonyl (C=O) groups is 2. The summed E-state index contributed by atoms with van der Waals surface area (Å²) in [5.74, 6) is 0.839. The maximum atomic E-state index is 13.6. The van der Waals surface area contributed by atoms with Gasteiger partial charge in [0.25, 0.3) is 0 Å². The zero-order valence-corrected chi connectivity index (χ0v) is 19.6. The lowest BCUT2D eigenvalue weighted by Crippen LogP contribution is -2.70. The first-order valence-electron chi connectivity index (χ1n) is 12.7. The minimum absolute atomic E-state index is 0.0534. The van der Waals surface area contributed by atoms with Crippen molar-refractivity contribution >= 4 is 11.9 Å². The number of nitrogens with zero attached hydrogens (tertiary/aromatic N) is 2. The van der Waals surface area contributed by atoms with Crippen molar-refractivity contribution in [3.63, 3.8) is 0 Å². The Morgan fingerprint density at radius 2 is 1.91 bits per heavy atom. The molecule has 2 saturated carbocycles. The summed E-state index contributed by atoms with van der Waals surface area (Å²) in [7, 11) is 0. The third-order valence-corrected chi connectivity index (χ3v) is 9.24. The SMILES string of the molecule is CC(=O)O[C@@]12C[C@@H](C(=O)N3CCCC3)C[C@@]13CCN(CC1CC1)[C@@H]2Cc1ccc(C)cc13. The van der Waals surface area contributed by atoms with E-state index < -0.39 is 5.60 Å². The highest BCUT2D eigenvalue weighted by Gasteiger charge is 2.71. The van der Waals surface area contributed by atoms with Crippen LogP contribution in [0.3, 0.4) is 0 Å². The fraction of sp³-hybridized carbons (Fsp3) is 0.704. The van der Waals surface area contributed by atoms with Crippen molar-refractivity contribution in [3.05, 3.63) is 34.9 Å². The van der Waals surface area contributed by atoms with Crippen LogP contribution in [0.5, 0.6) is 0 Å². The lowest BCUT2D eigenvalue weighted by Gasteiger charge is -2.60. The predicted molar refractivity (Wildman–Crippen MR) is 122 cm³/mol. The van der Waals surface area contributed by atoms with Crippen LogP contribution in [-0.2, 0) is 26.2 Å². The Hall–Kier alpha value is -1.88. The van der Waals surface area contributed by atoms with E-state index in [1.54, 1.807) is 6.92 Å². The highest BCUT2D eigenvalue weighted by atomic mass is 16.6. The normalized spacial score (nSPS) is 36.0. The van der Waals surface area contributed by atoms with Crippen molar-refractivity contribution in [1.82, 2.24) is 9.80 Å². The van der Waals surface area contributed by atoms with E-state index >= 15 is 0 Å². The number of piperidine rings is 1. The first-order chi connectivity index (χ1) is 15.4. The van der Waals surface area contributed by atoms with Gasteiger partial charge in [-0.3, -0.25) is 14.5 Å². The second kappa shape index (κ2) is 7.31. The topological polar surface area (TPSA) is 49.9 Å². The number of amides is 1. The molecular weight excluding hydrogens is 400 g/mol. The second-order valence-electron chi connectivity index (χ2n) is 11.3. The van der Waals surface area contributed by atoms with Gasteiger partial charge in [0.2, 0.25) is 5.91 Å². The van der Waals surface area contributed by atoms with Crippen LogP contribution < -0.4 is 0 Å². The third kappa shape index (κ3) is 2.99. The first-order valence-corrected chi connectivity index (χ1v) is 12.7. The number of rotatable bonds is 4. The van der Waals surface area contributed by atoms with Crippen LogP contribution in [0.25, 0.3) is 0 Å². The molecular formula is C27H36N2O3. The number of hydrogen-bond acceptors (Lipinski definition) is 4. The van der Waals surface area contributed by atoms with Crippen molar-refractivity contribution in [2.24, 2.45) is 11.8 Å². The van der Waals surface area contributed by atoms with Crippen molar-refractivity contribution in [3.8, 4) is 0 Å². The minimum atomic E-state index is -0.590. The van der Waals surface area contributed by atoms with Gasteiger partial charge < -0.3 is 9.64 Å². The van der Waals surface area contributed by atoms with E-state index in [0.717, 1.165) is 64.2 Å². The Morgan fingerprint density at radius 3 is 2.62 bits per heavy atom. The molecule has 32 heavy (non-hydrogen) atoms. The molecule has 2 bridgehead atoms. The maximum absolute atomic E-state index is 13.6. The summed E-state index contributed by atoms with van der Waals surface area (Å²) in [6.07, 6.45) is 8.26. The van der Waals surface area contributed by atoms with Crippen molar-refractivity contribution < 1.29 is 14.3 Å². The number of esters is 1. The molecule has 0 aromatic heterocycles. The van der Waals surface area contributed by atoms with Crippen LogP contribution in [0.4, 0.5) is 0 Å². The average molecular weight is 437 g/mol. The van der Waals surface area contributed by atoms with Gasteiger partial charge in [-0.1, -0.05) is 23.8 Å². The monoisotopic (exact) mass is 436 g/mol. The van der Waals surface area contributed by atoms with Gasteiger partial charge in [0.1, 0.15) is 5.60 Å². The fourth-order valence-electron chi connectivity index (χ4n) is 7.75. The zero-order chi connectivity index (χ0) is 22.1. The largest absolute Gasteiger partial charge is 0.457 e. The summed E-state index contributed by atoms with van der Waals surface area (Å²) in [5.41, 5.74) is 3.18. The maximum Gasteiger partial charge on any atom is 0.303 e. The van der Waals surface area contributed by atoms with E-state index in [1.165, 1.54) is 29.5 Å². The van der Waals surface area contributed by atoms with E-state index in [2.05, 4.69) is 34.9 Å². The summed E-state index contributed by atoms with van der Waals surface area (Å²) in [6, 6.07) is 7.03. The van der Waals surface area contributed by atoms with Crippen LogP contribution in [0.15, 0.2) is 18.2 Å². The number of ether oxygens (including phenoxy) is 1. The van der Waals surface area contributed by atoms with Crippen LogP contribution in [-0.4, -0.2) is 59.5 Å². The molecule has 172 valence electrons. The third-order valence-electron chi connectivity index (χ3n) is 9.24. The molecule has 1 aromatic rings. The number of likely N-dealkylation sites (tertiary alicyclic amines) is 2. The molecule has 5 heteroatoms. The number of carbonyl (C=O) groups excluding carboxylic acids is 2. The molecule has 5 nitrogen and oxygen atoms in total. The van der Waals surface area contributed by atoms with Gasteiger partial charge >= 0.3 is 5.97 Å². The number of hydrogen-bond donors (Lipinski definition) is 0. The van der Waals surface area contributed by atoms with Crippen LogP contribution in [0.1, 0.15) is 68.6 Å². The molecule has 1 amide bonds. The van der Waals surface area contributed by atoms with E-state index in [4.69, 9.17) is 4.74 Å². The number of aryl methyl sites for hydroxylation is 1. The highest BCUT2D eigenvalue weighted by molar-refractivity contribution is 5.81. The van der Waals surface area contributed by atoms with Gasteiger partial charge in [-0.05, 0) is 75.5 Å². The number of fused-ring (bicyclic) bond motifs is 1. The van der Waals surface area contributed by atoms with E-state index in [0.29, 0.717) is 12.3 Å². The molecule has 4 fully saturated rings. The van der Waals surface area contributed by atoms with Crippen LogP contribution in [0, 0.1) is 18.8 Å². The average Bonchev–Trinajstić information content (AvgIpc) is 3.26. The molecule has 0 spiro atoms. The molecule has 3 aliphatic carbocycles. The molecule has 0 N–H and O–H groups in total. The van der Waals surface area contributed by atoms with Gasteiger partial charge in [0.05, 0.1) is 6.04 Å². The van der Waals surface area contributed by atoms with Gasteiger partial charge in [-0.15, -0.1) is 0 Å². The Morgan fingerprint density at radius 1 is 1.12 bits per heavy atom. The Bertz CT molecular complexity index is 950. The van der Waals surface area contributed by atoms with Gasteiger partial charge in [0.15, 0.2) is 0 Å². The number of benzene rings is 1. The molecule has 4 atom stereocenters. The van der Waals surface area contributed by atoms with Crippen molar-refractivity contribution in [2.75, 3.05) is 26.2 Å². The summed E-state index contributed by atoms with van der Waals surface area (Å²) in [5, 5.41) is 0. The molecule has 1 aromatic carbocycles. The summed E-state index contributed by atoms with van der Waals surface area (Å²) < 4.78 is 6.48. The van der Waals surface area contributed by atoms with Crippen LogP contribution >= 0.6 is 0 Å². The standard InChI is InChI=1S/C27H36N2O3/c1-18-5-8-21-14-24-27(32-19(2)30)16-22(25(31)28-10-3-4-11-28)15-26(27,23(21)13-18)9-12-29(24)17-20-6-7-20/h5,8,13,20,22,24H,3-4,6-7,9-12,14-17H2,1-2H3/t22-,24+,26+,27+/m0/s1. The molecule has 2 saturated heterocycles. The molecule has 2 heterocycles. The summed E-state index contributed by atoms with van der Waals surface area (Å²) in [6.45, 7) is 7.63. The quantitative estimate of drug-likeness (QED) is 0.677. The molecule has 5 aliphatic rings. The first kappa shape index (κ1) is 20.7. The molecule has 0 unspecified atom stereocenters. The van der Waals surface area contributed by atoms with E-state index in [9.17, 15) is 9.59 Å². The predicted octanol–water partition coefficient (Wildman–Crippen LogP) is 3.61. The van der Waals surface area contributed by atoms with Gasteiger partial charge in [0, 0.05) is 44.3 Å². The summed E-state index contributed by atoms with van der Waals surface area (Å²) in [4.78, 5) is 30.9.